The van der Waals surface area contributed by atoms with Gasteiger partial charge in [-0.05, 0) is 11.6 Å². The summed E-state index contributed by atoms with van der Waals surface area (Å²) >= 11 is 0. The molecule has 0 spiro atoms. The molecule has 1 amide bonds. The number of carbonyl (C=O) groups excluding carboxylic acids is 1. The Balaban J connectivity index is 1.92. The Morgan fingerprint density at radius 3 is 1.62 bits per heavy atom. The molecule has 0 fully saturated rings. The maximum Gasteiger partial charge on any atom is 0.270 e. The third kappa shape index (κ3) is 4.14. The van der Waals surface area contributed by atoms with E-state index >= 15 is 0 Å². The van der Waals surface area contributed by atoms with Crippen molar-refractivity contribution in [3.8, 4) is 0 Å². The van der Waals surface area contributed by atoms with Gasteiger partial charge < -0.3 is 0 Å². The molecule has 0 aliphatic rings. The molecular formula is C22H17NO. The topological polar surface area (TPSA) is 29.4 Å². The van der Waals surface area contributed by atoms with E-state index in [1.54, 1.807) is 6.08 Å². The first-order valence-electron chi connectivity index (χ1n) is 7.79. The summed E-state index contributed by atoms with van der Waals surface area (Å²) in [5.41, 5.74) is 3.50. The molecule has 0 aliphatic carbocycles. The van der Waals surface area contributed by atoms with Gasteiger partial charge in [0.25, 0.3) is 5.91 Å². The Hall–Kier alpha value is -3.26. The smallest absolute Gasteiger partial charge is 0.267 e. The number of carbonyl (C=O) groups is 1. The summed E-state index contributed by atoms with van der Waals surface area (Å²) in [5.74, 6) is -0.276. The predicted octanol–water partition coefficient (Wildman–Crippen LogP) is 4.76. The van der Waals surface area contributed by atoms with E-state index in [-0.39, 0.29) is 5.91 Å². The van der Waals surface area contributed by atoms with Crippen LogP contribution < -0.4 is 0 Å². The van der Waals surface area contributed by atoms with Gasteiger partial charge in [0.15, 0.2) is 0 Å². The highest BCUT2D eigenvalue weighted by molar-refractivity contribution is 6.18. The van der Waals surface area contributed by atoms with E-state index in [1.165, 1.54) is 6.08 Å². The van der Waals surface area contributed by atoms with Crippen LogP contribution in [-0.4, -0.2) is 11.6 Å². The molecule has 0 aliphatic heterocycles. The van der Waals surface area contributed by atoms with Crippen molar-refractivity contribution in [3.63, 3.8) is 0 Å². The van der Waals surface area contributed by atoms with Gasteiger partial charge in [-0.3, -0.25) is 4.79 Å². The van der Waals surface area contributed by atoms with Gasteiger partial charge in [-0.2, -0.15) is 0 Å². The first-order chi connectivity index (χ1) is 11.8. The van der Waals surface area contributed by atoms with Crippen LogP contribution in [0.25, 0.3) is 6.08 Å². The van der Waals surface area contributed by atoms with Crippen molar-refractivity contribution in [3.05, 3.63) is 114 Å². The van der Waals surface area contributed by atoms with Crippen molar-refractivity contribution in [1.29, 1.82) is 0 Å². The van der Waals surface area contributed by atoms with Gasteiger partial charge in [0.05, 0.1) is 5.71 Å². The lowest BCUT2D eigenvalue weighted by Crippen LogP contribution is -2.06. The minimum absolute atomic E-state index is 0.276. The lowest BCUT2D eigenvalue weighted by atomic mass is 10.0. The molecule has 0 saturated heterocycles. The monoisotopic (exact) mass is 311 g/mol. The minimum Gasteiger partial charge on any atom is -0.267 e. The molecule has 116 valence electrons. The van der Waals surface area contributed by atoms with Crippen molar-refractivity contribution < 1.29 is 4.79 Å². The molecule has 0 saturated carbocycles. The number of hydrogen-bond donors (Lipinski definition) is 0. The third-order valence-electron chi connectivity index (χ3n) is 3.53. The van der Waals surface area contributed by atoms with Crippen LogP contribution in [0, 0.1) is 0 Å². The summed E-state index contributed by atoms with van der Waals surface area (Å²) in [5, 5.41) is 0. The van der Waals surface area contributed by atoms with Crippen LogP contribution in [0.15, 0.2) is 102 Å². The van der Waals surface area contributed by atoms with Gasteiger partial charge in [-0.15, -0.1) is 0 Å². The second-order valence-corrected chi connectivity index (χ2v) is 5.27. The van der Waals surface area contributed by atoms with Gasteiger partial charge in [-0.1, -0.05) is 91.0 Å². The van der Waals surface area contributed by atoms with E-state index in [1.807, 2.05) is 91.0 Å². The molecule has 0 N–H and O–H groups in total. The maximum absolute atomic E-state index is 12.3. The number of hydrogen-bond acceptors (Lipinski definition) is 1. The van der Waals surface area contributed by atoms with Crippen LogP contribution >= 0.6 is 0 Å². The van der Waals surface area contributed by atoms with Crippen molar-refractivity contribution in [2.45, 2.75) is 0 Å². The summed E-state index contributed by atoms with van der Waals surface area (Å²) < 4.78 is 0. The fraction of sp³-hybridized carbons (Fsp3) is 0. The second kappa shape index (κ2) is 7.84. The summed E-state index contributed by atoms with van der Waals surface area (Å²) in [6.45, 7) is 0. The maximum atomic E-state index is 12.3. The zero-order chi connectivity index (χ0) is 16.6. The standard InChI is InChI=1S/C22H17NO/c24-21(17-16-18-10-4-1-5-11-18)23-22(19-12-6-2-7-13-19)20-14-8-3-9-15-20/h1-17H. The van der Waals surface area contributed by atoms with E-state index in [0.29, 0.717) is 5.71 Å². The molecule has 2 heteroatoms. The zero-order valence-corrected chi connectivity index (χ0v) is 13.2. The van der Waals surface area contributed by atoms with Crippen LogP contribution in [0.1, 0.15) is 16.7 Å². The first kappa shape index (κ1) is 15.6. The first-order valence-corrected chi connectivity index (χ1v) is 7.79. The molecule has 3 rings (SSSR count). The highest BCUT2D eigenvalue weighted by atomic mass is 16.1. The molecule has 0 atom stereocenters. The van der Waals surface area contributed by atoms with E-state index in [0.717, 1.165) is 16.7 Å². The normalized spacial score (nSPS) is 10.5. The van der Waals surface area contributed by atoms with Crippen LogP contribution in [-0.2, 0) is 4.79 Å². The number of rotatable bonds is 4. The third-order valence-corrected chi connectivity index (χ3v) is 3.53. The van der Waals surface area contributed by atoms with Gasteiger partial charge in [-0.25, -0.2) is 4.99 Å². The van der Waals surface area contributed by atoms with Gasteiger partial charge in [0.1, 0.15) is 0 Å². The quantitative estimate of drug-likeness (QED) is 0.504. The van der Waals surface area contributed by atoms with Crippen molar-refractivity contribution >= 4 is 17.7 Å². The fourth-order valence-corrected chi connectivity index (χ4v) is 2.37. The average molecular weight is 311 g/mol. The molecule has 3 aromatic carbocycles. The van der Waals surface area contributed by atoms with Crippen LogP contribution in [0.2, 0.25) is 0 Å². The van der Waals surface area contributed by atoms with E-state index < -0.39 is 0 Å². The van der Waals surface area contributed by atoms with E-state index in [4.69, 9.17) is 0 Å². The Labute approximate surface area is 141 Å². The Morgan fingerprint density at radius 1 is 0.667 bits per heavy atom. The molecule has 0 heterocycles. The SMILES string of the molecule is O=C(C=Cc1ccccc1)N=C(c1ccccc1)c1ccccc1. The largest absolute Gasteiger partial charge is 0.270 e. The summed E-state index contributed by atoms with van der Waals surface area (Å²) in [6.07, 6.45) is 3.28. The van der Waals surface area contributed by atoms with Crippen LogP contribution in [0.5, 0.6) is 0 Å². The van der Waals surface area contributed by atoms with Crippen molar-refractivity contribution in [2.75, 3.05) is 0 Å². The lowest BCUT2D eigenvalue weighted by Gasteiger charge is -2.06. The zero-order valence-electron chi connectivity index (χ0n) is 13.2. The number of amides is 1. The van der Waals surface area contributed by atoms with Crippen LogP contribution in [0.3, 0.4) is 0 Å². The summed E-state index contributed by atoms with van der Waals surface area (Å²) in [6, 6.07) is 29.2. The Kier molecular flexibility index (Phi) is 5.10. The molecule has 0 radical (unpaired) electrons. The number of aliphatic imine (C=N–C) groups is 1. The molecule has 0 aromatic heterocycles. The van der Waals surface area contributed by atoms with Gasteiger partial charge in [0, 0.05) is 17.2 Å². The molecule has 0 bridgehead atoms. The molecule has 2 nitrogen and oxygen atoms in total. The molecule has 3 aromatic rings. The van der Waals surface area contributed by atoms with E-state index in [2.05, 4.69) is 4.99 Å². The molecule has 24 heavy (non-hydrogen) atoms. The van der Waals surface area contributed by atoms with Gasteiger partial charge in [0.2, 0.25) is 0 Å². The second-order valence-electron chi connectivity index (χ2n) is 5.27. The number of benzene rings is 3. The minimum atomic E-state index is -0.276. The van der Waals surface area contributed by atoms with Crippen molar-refractivity contribution in [2.24, 2.45) is 4.99 Å². The van der Waals surface area contributed by atoms with E-state index in [9.17, 15) is 4.79 Å². The highest BCUT2D eigenvalue weighted by Crippen LogP contribution is 2.11. The fourth-order valence-electron chi connectivity index (χ4n) is 2.37. The predicted molar refractivity (Wildman–Crippen MR) is 99.0 cm³/mol. The molecule has 0 unspecified atom stereocenters. The summed E-state index contributed by atoms with van der Waals surface area (Å²) in [7, 11) is 0. The Morgan fingerprint density at radius 2 is 1.12 bits per heavy atom. The molecular weight excluding hydrogens is 294 g/mol. The lowest BCUT2D eigenvalue weighted by molar-refractivity contribution is -0.113. The Bertz CT molecular complexity index is 809. The highest BCUT2D eigenvalue weighted by Gasteiger charge is 2.07. The van der Waals surface area contributed by atoms with Gasteiger partial charge >= 0.3 is 0 Å². The number of nitrogens with zero attached hydrogens (tertiary/aromatic N) is 1. The van der Waals surface area contributed by atoms with Crippen LogP contribution in [0.4, 0.5) is 0 Å². The summed E-state index contributed by atoms with van der Waals surface area (Å²) in [4.78, 5) is 16.6. The van der Waals surface area contributed by atoms with Crippen molar-refractivity contribution in [1.82, 2.24) is 0 Å². The average Bonchev–Trinajstić information content (AvgIpc) is 2.67.